The quantitative estimate of drug-likeness (QED) is 0.719. The first-order chi connectivity index (χ1) is 9.10. The normalized spacial score (nSPS) is 11.1. The van der Waals surface area contributed by atoms with Gasteiger partial charge in [-0.05, 0) is 50.9 Å². The Morgan fingerprint density at radius 1 is 1.26 bits per heavy atom. The fourth-order valence-electron chi connectivity index (χ4n) is 2.36. The maximum absolute atomic E-state index is 5.74. The first-order valence-electron chi connectivity index (χ1n) is 7.35. The van der Waals surface area contributed by atoms with Crippen LogP contribution < -0.4 is 10.6 Å². The largest absolute Gasteiger partial charge is 0.369 e. The van der Waals surface area contributed by atoms with Gasteiger partial charge < -0.3 is 10.6 Å². The van der Waals surface area contributed by atoms with Crippen LogP contribution in [0.5, 0.6) is 0 Å². The van der Waals surface area contributed by atoms with Crippen molar-refractivity contribution in [3.63, 3.8) is 0 Å². The van der Waals surface area contributed by atoms with E-state index in [0.29, 0.717) is 12.6 Å². The van der Waals surface area contributed by atoms with Gasteiger partial charge in [0.2, 0.25) is 0 Å². The molecule has 0 atom stereocenters. The summed E-state index contributed by atoms with van der Waals surface area (Å²) in [7, 11) is 0. The van der Waals surface area contributed by atoms with Crippen LogP contribution in [0.1, 0.15) is 45.6 Å². The van der Waals surface area contributed by atoms with Gasteiger partial charge in [0, 0.05) is 22.7 Å². The van der Waals surface area contributed by atoms with Crippen LogP contribution in [0.2, 0.25) is 0 Å². The van der Waals surface area contributed by atoms with Gasteiger partial charge in [-0.1, -0.05) is 41.8 Å². The highest BCUT2D eigenvalue weighted by atomic mass is 79.9. The standard InChI is InChI=1S/C16H27BrN2/c1-4-5-6-11-19(13(2)3)16-12-15(17)8-7-14(16)9-10-18/h7-8,12-13H,4-6,9-11,18H2,1-3H3. The van der Waals surface area contributed by atoms with E-state index >= 15 is 0 Å². The van der Waals surface area contributed by atoms with Crippen molar-refractivity contribution in [2.45, 2.75) is 52.5 Å². The number of halogens is 1. The number of hydrogen-bond donors (Lipinski definition) is 1. The number of benzene rings is 1. The molecule has 0 radical (unpaired) electrons. The molecule has 1 aromatic carbocycles. The summed E-state index contributed by atoms with van der Waals surface area (Å²) in [5.74, 6) is 0. The first-order valence-corrected chi connectivity index (χ1v) is 8.14. The fourth-order valence-corrected chi connectivity index (χ4v) is 2.71. The molecule has 0 aliphatic heterocycles. The topological polar surface area (TPSA) is 29.3 Å². The Bertz CT molecular complexity index is 377. The van der Waals surface area contributed by atoms with E-state index in [4.69, 9.17) is 5.73 Å². The zero-order chi connectivity index (χ0) is 14.3. The number of nitrogens with zero attached hydrogens (tertiary/aromatic N) is 1. The summed E-state index contributed by atoms with van der Waals surface area (Å²) in [6.45, 7) is 8.60. The summed E-state index contributed by atoms with van der Waals surface area (Å²) in [6, 6.07) is 7.06. The first kappa shape index (κ1) is 16.5. The van der Waals surface area contributed by atoms with E-state index in [0.717, 1.165) is 17.4 Å². The lowest BCUT2D eigenvalue weighted by Gasteiger charge is -2.31. The highest BCUT2D eigenvalue weighted by Gasteiger charge is 2.14. The van der Waals surface area contributed by atoms with Gasteiger partial charge in [-0.2, -0.15) is 0 Å². The smallest absolute Gasteiger partial charge is 0.0412 e. The molecular formula is C16H27BrN2. The van der Waals surface area contributed by atoms with Crippen molar-refractivity contribution in [3.05, 3.63) is 28.2 Å². The zero-order valence-electron chi connectivity index (χ0n) is 12.5. The monoisotopic (exact) mass is 326 g/mol. The maximum Gasteiger partial charge on any atom is 0.0412 e. The number of nitrogens with two attached hydrogens (primary N) is 1. The summed E-state index contributed by atoms with van der Waals surface area (Å²) in [5.41, 5.74) is 8.43. The molecule has 1 aromatic rings. The molecule has 1 rings (SSSR count). The molecule has 0 saturated carbocycles. The third-order valence-electron chi connectivity index (χ3n) is 3.40. The van der Waals surface area contributed by atoms with E-state index in [1.807, 2.05) is 0 Å². The predicted octanol–water partition coefficient (Wildman–Crippen LogP) is 4.36. The average Bonchev–Trinajstić information content (AvgIpc) is 2.37. The van der Waals surface area contributed by atoms with Crippen molar-refractivity contribution in [1.82, 2.24) is 0 Å². The summed E-state index contributed by atoms with van der Waals surface area (Å²) in [4.78, 5) is 2.51. The van der Waals surface area contributed by atoms with Crippen molar-refractivity contribution in [2.24, 2.45) is 5.73 Å². The second-order valence-electron chi connectivity index (χ2n) is 5.31. The minimum absolute atomic E-state index is 0.516. The minimum atomic E-state index is 0.516. The van der Waals surface area contributed by atoms with Crippen molar-refractivity contribution in [3.8, 4) is 0 Å². The minimum Gasteiger partial charge on any atom is -0.369 e. The molecule has 0 bridgehead atoms. The second-order valence-corrected chi connectivity index (χ2v) is 6.22. The summed E-state index contributed by atoms with van der Waals surface area (Å²) >= 11 is 3.59. The molecule has 0 aromatic heterocycles. The average molecular weight is 327 g/mol. The number of unbranched alkanes of at least 4 members (excludes halogenated alkanes) is 2. The SMILES string of the molecule is CCCCCN(c1cc(Br)ccc1CCN)C(C)C. The van der Waals surface area contributed by atoms with Gasteiger partial charge in [0.1, 0.15) is 0 Å². The van der Waals surface area contributed by atoms with Crippen molar-refractivity contribution in [2.75, 3.05) is 18.0 Å². The van der Waals surface area contributed by atoms with Crippen LogP contribution in [0.25, 0.3) is 0 Å². The number of hydrogen-bond acceptors (Lipinski definition) is 2. The van der Waals surface area contributed by atoms with Gasteiger partial charge in [-0.15, -0.1) is 0 Å². The highest BCUT2D eigenvalue weighted by molar-refractivity contribution is 9.10. The van der Waals surface area contributed by atoms with Gasteiger partial charge in [0.25, 0.3) is 0 Å². The second kappa shape index (κ2) is 8.60. The molecule has 0 aliphatic rings. The summed E-state index contributed by atoms with van der Waals surface area (Å²) < 4.78 is 1.14. The van der Waals surface area contributed by atoms with Crippen LogP contribution in [-0.4, -0.2) is 19.1 Å². The lowest BCUT2D eigenvalue weighted by atomic mass is 10.1. The lowest BCUT2D eigenvalue weighted by molar-refractivity contribution is 0.623. The Morgan fingerprint density at radius 2 is 2.00 bits per heavy atom. The maximum atomic E-state index is 5.74. The lowest BCUT2D eigenvalue weighted by Crippen LogP contribution is -2.32. The van der Waals surface area contributed by atoms with Gasteiger partial charge >= 0.3 is 0 Å². The van der Waals surface area contributed by atoms with E-state index in [2.05, 4.69) is 59.8 Å². The van der Waals surface area contributed by atoms with E-state index in [1.165, 1.54) is 30.5 Å². The van der Waals surface area contributed by atoms with E-state index in [9.17, 15) is 0 Å². The molecule has 0 aliphatic carbocycles. The van der Waals surface area contributed by atoms with E-state index in [1.54, 1.807) is 0 Å². The van der Waals surface area contributed by atoms with E-state index in [-0.39, 0.29) is 0 Å². The summed E-state index contributed by atoms with van der Waals surface area (Å²) in [6.07, 6.45) is 4.76. The number of anilines is 1. The van der Waals surface area contributed by atoms with Crippen LogP contribution >= 0.6 is 15.9 Å². The van der Waals surface area contributed by atoms with Crippen LogP contribution in [0.15, 0.2) is 22.7 Å². The third kappa shape index (κ3) is 5.15. The highest BCUT2D eigenvalue weighted by Crippen LogP contribution is 2.27. The van der Waals surface area contributed by atoms with Gasteiger partial charge in [-0.25, -0.2) is 0 Å². The van der Waals surface area contributed by atoms with Gasteiger partial charge in [-0.3, -0.25) is 0 Å². The molecule has 108 valence electrons. The Labute approximate surface area is 126 Å². The van der Waals surface area contributed by atoms with Gasteiger partial charge in [0.15, 0.2) is 0 Å². The van der Waals surface area contributed by atoms with Crippen LogP contribution in [-0.2, 0) is 6.42 Å². The number of rotatable bonds is 8. The van der Waals surface area contributed by atoms with Crippen molar-refractivity contribution < 1.29 is 0 Å². The summed E-state index contributed by atoms with van der Waals surface area (Å²) in [5, 5.41) is 0. The van der Waals surface area contributed by atoms with E-state index < -0.39 is 0 Å². The molecule has 0 fully saturated rings. The fraction of sp³-hybridized carbons (Fsp3) is 0.625. The van der Waals surface area contributed by atoms with Crippen molar-refractivity contribution in [1.29, 1.82) is 0 Å². The molecule has 0 heterocycles. The van der Waals surface area contributed by atoms with Crippen LogP contribution in [0.3, 0.4) is 0 Å². The Hall–Kier alpha value is -0.540. The molecule has 0 unspecified atom stereocenters. The Balaban J connectivity index is 2.95. The molecule has 3 heteroatoms. The van der Waals surface area contributed by atoms with Gasteiger partial charge in [0.05, 0.1) is 0 Å². The molecule has 0 saturated heterocycles. The molecule has 2 N–H and O–H groups in total. The Kier molecular flexibility index (Phi) is 7.47. The van der Waals surface area contributed by atoms with Crippen LogP contribution in [0, 0.1) is 0 Å². The third-order valence-corrected chi connectivity index (χ3v) is 3.89. The predicted molar refractivity (Wildman–Crippen MR) is 88.9 cm³/mol. The molecule has 19 heavy (non-hydrogen) atoms. The molecular weight excluding hydrogens is 300 g/mol. The molecule has 0 spiro atoms. The Morgan fingerprint density at radius 3 is 2.58 bits per heavy atom. The van der Waals surface area contributed by atoms with Crippen molar-refractivity contribution >= 4 is 21.6 Å². The van der Waals surface area contributed by atoms with Crippen LogP contribution in [0.4, 0.5) is 5.69 Å². The zero-order valence-corrected chi connectivity index (χ0v) is 14.0. The molecule has 2 nitrogen and oxygen atoms in total. The molecule has 0 amide bonds.